The van der Waals surface area contributed by atoms with Crippen molar-refractivity contribution in [3.05, 3.63) is 124 Å². The van der Waals surface area contributed by atoms with Gasteiger partial charge >= 0.3 is 5.97 Å². The number of aromatic nitrogens is 1. The number of carbonyl (C=O) groups excluding carboxylic acids is 2. The number of ether oxygens (including phenoxy) is 1. The number of carbonyl (C=O) groups is 2. The highest BCUT2D eigenvalue weighted by Crippen LogP contribution is 2.34. The minimum atomic E-state index is -0.509. The van der Waals surface area contributed by atoms with Gasteiger partial charge in [-0.15, -0.1) is 0 Å². The Bertz CT molecular complexity index is 1720. The molecule has 0 fully saturated rings. The molecule has 0 saturated heterocycles. The van der Waals surface area contributed by atoms with Crippen LogP contribution in [0.15, 0.2) is 107 Å². The van der Waals surface area contributed by atoms with Crippen LogP contribution in [-0.2, 0) is 0 Å². The van der Waals surface area contributed by atoms with E-state index in [1.807, 2.05) is 42.5 Å². The fourth-order valence-corrected chi connectivity index (χ4v) is 4.43. The van der Waals surface area contributed by atoms with E-state index in [2.05, 4.69) is 37.5 Å². The Kier molecular flexibility index (Phi) is 7.11. The number of nitrogens with one attached hydrogen (secondary N) is 2. The van der Waals surface area contributed by atoms with E-state index in [9.17, 15) is 14.9 Å². The van der Waals surface area contributed by atoms with Gasteiger partial charge in [-0.3, -0.25) is 4.79 Å². The van der Waals surface area contributed by atoms with Crippen molar-refractivity contribution in [3.63, 3.8) is 0 Å². The molecular formula is C30H19BrN4O3. The number of halogens is 1. The summed E-state index contributed by atoms with van der Waals surface area (Å²) in [6.07, 6.45) is 1.40. The van der Waals surface area contributed by atoms with Gasteiger partial charge in [-0.25, -0.2) is 10.2 Å². The van der Waals surface area contributed by atoms with Crippen molar-refractivity contribution in [2.45, 2.75) is 0 Å². The van der Waals surface area contributed by atoms with E-state index in [1.54, 1.807) is 54.6 Å². The Morgan fingerprint density at radius 2 is 1.68 bits per heavy atom. The normalized spacial score (nSPS) is 10.8. The number of aromatic amines is 1. The number of amides is 1. The molecule has 8 heteroatoms. The van der Waals surface area contributed by atoms with Crippen molar-refractivity contribution >= 4 is 44.9 Å². The van der Waals surface area contributed by atoms with Crippen LogP contribution in [0.1, 0.15) is 32.0 Å². The van der Waals surface area contributed by atoms with Gasteiger partial charge in [-0.2, -0.15) is 10.4 Å². The predicted molar refractivity (Wildman–Crippen MR) is 149 cm³/mol. The van der Waals surface area contributed by atoms with Gasteiger partial charge in [0.15, 0.2) is 0 Å². The van der Waals surface area contributed by atoms with Crippen LogP contribution in [0.4, 0.5) is 0 Å². The summed E-state index contributed by atoms with van der Waals surface area (Å²) < 4.78 is 6.32. The summed E-state index contributed by atoms with van der Waals surface area (Å²) in [6.45, 7) is 0. The summed E-state index contributed by atoms with van der Waals surface area (Å²) in [6, 6.07) is 30.7. The Hall–Kier alpha value is -5.00. The molecule has 0 bridgehead atoms. The molecule has 0 radical (unpaired) electrons. The number of rotatable bonds is 6. The lowest BCUT2D eigenvalue weighted by Gasteiger charge is -2.08. The van der Waals surface area contributed by atoms with Crippen LogP contribution in [0.25, 0.3) is 22.0 Å². The van der Waals surface area contributed by atoms with Crippen LogP contribution in [0, 0.1) is 11.3 Å². The van der Waals surface area contributed by atoms with E-state index in [1.165, 1.54) is 6.21 Å². The lowest BCUT2D eigenvalue weighted by atomic mass is 10.0. The van der Waals surface area contributed by atoms with Crippen LogP contribution in [-0.4, -0.2) is 23.1 Å². The summed E-state index contributed by atoms with van der Waals surface area (Å²) >= 11 is 3.41. The average molecular weight is 563 g/mol. The molecule has 0 atom stereocenters. The average Bonchev–Trinajstić information content (AvgIpc) is 3.35. The second kappa shape index (κ2) is 10.9. The minimum absolute atomic E-state index is 0.274. The molecule has 4 aromatic carbocycles. The van der Waals surface area contributed by atoms with Crippen molar-refractivity contribution in [2.75, 3.05) is 0 Å². The molecule has 38 heavy (non-hydrogen) atoms. The summed E-state index contributed by atoms with van der Waals surface area (Å²) in [5.41, 5.74) is 6.22. The van der Waals surface area contributed by atoms with Crippen LogP contribution >= 0.6 is 15.9 Å². The van der Waals surface area contributed by atoms with Gasteiger partial charge in [0.1, 0.15) is 17.5 Å². The van der Waals surface area contributed by atoms with Crippen molar-refractivity contribution in [3.8, 4) is 22.9 Å². The summed E-state index contributed by atoms with van der Waals surface area (Å²) in [7, 11) is 0. The number of hydrazone groups is 1. The molecule has 0 spiro atoms. The third kappa shape index (κ3) is 5.09. The molecule has 5 aromatic rings. The summed E-state index contributed by atoms with van der Waals surface area (Å²) in [5, 5.41) is 14.4. The van der Waals surface area contributed by atoms with E-state index in [4.69, 9.17) is 4.74 Å². The predicted octanol–water partition coefficient (Wildman–Crippen LogP) is 6.45. The molecule has 1 heterocycles. The summed E-state index contributed by atoms with van der Waals surface area (Å²) in [5.74, 6) is -0.710. The monoisotopic (exact) mass is 562 g/mol. The quantitative estimate of drug-likeness (QED) is 0.107. The highest BCUT2D eigenvalue weighted by Gasteiger charge is 2.20. The maximum Gasteiger partial charge on any atom is 0.343 e. The summed E-state index contributed by atoms with van der Waals surface area (Å²) in [4.78, 5) is 28.9. The zero-order valence-electron chi connectivity index (χ0n) is 19.8. The molecule has 0 saturated carbocycles. The lowest BCUT2D eigenvalue weighted by Crippen LogP contribution is -2.19. The Balaban J connectivity index is 1.44. The number of hydrogen-bond donors (Lipinski definition) is 2. The number of fused-ring (bicyclic) bond motifs is 1. The Morgan fingerprint density at radius 3 is 2.42 bits per heavy atom. The van der Waals surface area contributed by atoms with E-state index in [-0.39, 0.29) is 11.4 Å². The molecular weight excluding hydrogens is 544 g/mol. The third-order valence-electron chi connectivity index (χ3n) is 5.80. The van der Waals surface area contributed by atoms with Crippen LogP contribution in [0.3, 0.4) is 0 Å². The largest absolute Gasteiger partial charge is 0.422 e. The maximum atomic E-state index is 13.3. The second-order valence-corrected chi connectivity index (χ2v) is 9.13. The van der Waals surface area contributed by atoms with E-state index in [0.717, 1.165) is 15.4 Å². The number of benzene rings is 4. The molecule has 2 N–H and O–H groups in total. The molecule has 1 aromatic heterocycles. The zero-order chi connectivity index (χ0) is 26.5. The SMILES string of the molecule is N#Cc1cccc2c(-c3ccccc3)c(C(=O)NN=Cc3cc(Br)ccc3OC(=O)c3ccccc3)[nH]c12. The first-order valence-electron chi connectivity index (χ1n) is 11.6. The first-order chi connectivity index (χ1) is 18.5. The smallest absolute Gasteiger partial charge is 0.343 e. The fraction of sp³-hybridized carbons (Fsp3) is 0. The van der Waals surface area contributed by atoms with Gasteiger partial charge in [-0.1, -0.05) is 76.6 Å². The molecule has 184 valence electrons. The van der Waals surface area contributed by atoms with E-state index < -0.39 is 11.9 Å². The molecule has 7 nitrogen and oxygen atoms in total. The highest BCUT2D eigenvalue weighted by molar-refractivity contribution is 9.10. The van der Waals surface area contributed by atoms with Gasteiger partial charge in [-0.05, 0) is 42.0 Å². The maximum absolute atomic E-state index is 13.3. The van der Waals surface area contributed by atoms with Crippen LogP contribution in [0.5, 0.6) is 5.75 Å². The lowest BCUT2D eigenvalue weighted by molar-refractivity contribution is 0.0734. The molecule has 1 amide bonds. The molecule has 0 aliphatic heterocycles. The van der Waals surface area contributed by atoms with Gasteiger partial charge in [0.2, 0.25) is 0 Å². The number of nitrogens with zero attached hydrogens (tertiary/aromatic N) is 2. The number of H-pyrrole nitrogens is 1. The van der Waals surface area contributed by atoms with Crippen molar-refractivity contribution in [1.29, 1.82) is 5.26 Å². The third-order valence-corrected chi connectivity index (χ3v) is 6.29. The first-order valence-corrected chi connectivity index (χ1v) is 12.3. The Morgan fingerprint density at radius 1 is 0.947 bits per heavy atom. The van der Waals surface area contributed by atoms with Gasteiger partial charge < -0.3 is 9.72 Å². The molecule has 0 aliphatic rings. The van der Waals surface area contributed by atoms with Crippen molar-refractivity contribution < 1.29 is 14.3 Å². The number of hydrogen-bond acceptors (Lipinski definition) is 5. The van der Waals surface area contributed by atoms with Gasteiger partial charge in [0.05, 0.1) is 22.9 Å². The van der Waals surface area contributed by atoms with Crippen molar-refractivity contribution in [1.82, 2.24) is 10.4 Å². The first kappa shape index (κ1) is 24.7. The van der Waals surface area contributed by atoms with E-state index >= 15 is 0 Å². The van der Waals surface area contributed by atoms with Crippen molar-refractivity contribution in [2.24, 2.45) is 5.10 Å². The van der Waals surface area contributed by atoms with E-state index in [0.29, 0.717) is 27.8 Å². The molecule has 0 unspecified atom stereocenters. The van der Waals surface area contributed by atoms with Gasteiger partial charge in [0, 0.05) is 21.0 Å². The fourth-order valence-electron chi connectivity index (χ4n) is 4.05. The minimum Gasteiger partial charge on any atom is -0.422 e. The number of esters is 1. The molecule has 5 rings (SSSR count). The topological polar surface area (TPSA) is 107 Å². The van der Waals surface area contributed by atoms with Crippen LogP contribution < -0.4 is 10.2 Å². The van der Waals surface area contributed by atoms with Crippen LogP contribution in [0.2, 0.25) is 0 Å². The van der Waals surface area contributed by atoms with Gasteiger partial charge in [0.25, 0.3) is 5.91 Å². The number of nitriles is 1. The number of para-hydroxylation sites is 1. The molecule has 0 aliphatic carbocycles. The highest BCUT2D eigenvalue weighted by atomic mass is 79.9. The standard InChI is InChI=1S/C30H19BrN4O3/c31-23-14-15-25(38-30(37)20-10-5-2-6-11-20)22(16-23)18-33-35-29(36)28-26(19-8-3-1-4-9-19)24-13-7-12-21(17-32)27(24)34-28/h1-16,18,34H,(H,35,36). The Labute approximate surface area is 226 Å². The second-order valence-electron chi connectivity index (χ2n) is 8.22. The zero-order valence-corrected chi connectivity index (χ0v) is 21.4.